The van der Waals surface area contributed by atoms with E-state index in [4.69, 9.17) is 33.2 Å². The lowest BCUT2D eigenvalue weighted by Crippen LogP contribution is -2.50. The van der Waals surface area contributed by atoms with E-state index >= 15 is 0 Å². The van der Waals surface area contributed by atoms with Crippen LogP contribution >= 0.6 is 0 Å². The van der Waals surface area contributed by atoms with Gasteiger partial charge in [-0.2, -0.15) is 13.2 Å². The van der Waals surface area contributed by atoms with Gasteiger partial charge in [-0.25, -0.2) is 0 Å². The first-order valence-corrected chi connectivity index (χ1v) is 13.4. The molecule has 1 aliphatic heterocycles. The minimum atomic E-state index is -5.14. The second-order valence-corrected chi connectivity index (χ2v) is 9.64. The quantitative estimate of drug-likeness (QED) is 0.229. The maximum Gasteiger partial charge on any atom is 0.454 e. The van der Waals surface area contributed by atoms with E-state index in [1.807, 2.05) is 12.1 Å². The first kappa shape index (κ1) is 31.9. The fraction of sp³-hybridized carbons (Fsp3) is 0.344. The third-order valence-electron chi connectivity index (χ3n) is 6.76. The molecule has 0 N–H and O–H groups in total. The Kier molecular flexibility index (Phi) is 11.0. The van der Waals surface area contributed by atoms with Gasteiger partial charge < -0.3 is 33.2 Å². The number of ether oxygens (including phenoxy) is 7. The molecule has 0 spiro atoms. The number of rotatable bonds is 14. The summed E-state index contributed by atoms with van der Waals surface area (Å²) in [6.45, 7) is 0.0536. The number of benzene rings is 3. The Bertz CT molecular complexity index is 1340. The third kappa shape index (κ3) is 8.73. The fourth-order valence-electron chi connectivity index (χ4n) is 4.37. The molecule has 0 fully saturated rings. The molecule has 3 atom stereocenters. The molecule has 0 bridgehead atoms. The van der Waals surface area contributed by atoms with E-state index in [9.17, 15) is 18.0 Å². The van der Waals surface area contributed by atoms with Crippen molar-refractivity contribution in [3.8, 4) is 17.2 Å². The lowest BCUT2D eigenvalue weighted by molar-refractivity contribution is -0.178. The monoisotopic (exact) mass is 602 g/mol. The van der Waals surface area contributed by atoms with Crippen molar-refractivity contribution in [3.05, 3.63) is 101 Å². The highest BCUT2D eigenvalue weighted by molar-refractivity contribution is 6.00. The second-order valence-electron chi connectivity index (χ2n) is 9.64. The molecule has 43 heavy (non-hydrogen) atoms. The number of Topliss-reactive ketones (excluding diaryl/α,β-unsaturated/α-hetero) is 1. The van der Waals surface area contributed by atoms with Crippen LogP contribution in [0.25, 0.3) is 0 Å². The van der Waals surface area contributed by atoms with Gasteiger partial charge in [-0.3, -0.25) is 4.79 Å². The lowest BCUT2D eigenvalue weighted by Gasteiger charge is -2.37. The van der Waals surface area contributed by atoms with E-state index in [0.717, 1.165) is 17.4 Å². The highest BCUT2D eigenvalue weighted by Gasteiger charge is 2.49. The number of carbonyl (C=O) groups excluding carboxylic acids is 1. The summed E-state index contributed by atoms with van der Waals surface area (Å²) in [5.74, 6) is -0.133. The summed E-state index contributed by atoms with van der Waals surface area (Å²) in [7, 11) is 4.63. The molecule has 1 heterocycles. The Morgan fingerprint density at radius 1 is 0.698 bits per heavy atom. The summed E-state index contributed by atoms with van der Waals surface area (Å²) in [4.78, 5) is 12.5. The van der Waals surface area contributed by atoms with E-state index < -0.39 is 35.8 Å². The number of halogens is 3. The van der Waals surface area contributed by atoms with Crippen molar-refractivity contribution in [2.45, 2.75) is 44.3 Å². The second kappa shape index (κ2) is 14.9. The van der Waals surface area contributed by atoms with Gasteiger partial charge in [0.15, 0.2) is 0 Å². The number of hydrogen-bond acceptors (Lipinski definition) is 8. The molecule has 0 aliphatic carbocycles. The zero-order chi connectivity index (χ0) is 30.8. The lowest BCUT2D eigenvalue weighted by atomic mass is 9.95. The van der Waals surface area contributed by atoms with Gasteiger partial charge in [-0.15, -0.1) is 0 Å². The number of carbonyl (C=O) groups is 1. The van der Waals surface area contributed by atoms with Crippen LogP contribution in [0.3, 0.4) is 0 Å². The first-order valence-electron chi connectivity index (χ1n) is 13.4. The van der Waals surface area contributed by atoms with Crippen molar-refractivity contribution in [3.63, 3.8) is 0 Å². The van der Waals surface area contributed by atoms with Crippen LogP contribution in [0, 0.1) is 0 Å². The molecule has 0 saturated carbocycles. The maximum absolute atomic E-state index is 13.6. The Morgan fingerprint density at radius 3 is 1.58 bits per heavy atom. The molecule has 3 aromatic carbocycles. The molecule has 230 valence electrons. The van der Waals surface area contributed by atoms with E-state index in [0.29, 0.717) is 22.8 Å². The van der Waals surface area contributed by atoms with Crippen LogP contribution in [-0.4, -0.2) is 58.2 Å². The van der Waals surface area contributed by atoms with Crippen molar-refractivity contribution in [2.24, 2.45) is 0 Å². The molecule has 0 unspecified atom stereocenters. The molecule has 4 rings (SSSR count). The summed E-state index contributed by atoms with van der Waals surface area (Å²) < 4.78 is 80.2. The minimum absolute atomic E-state index is 0.00286. The highest BCUT2D eigenvalue weighted by Crippen LogP contribution is 2.32. The molecular weight excluding hydrogens is 569 g/mol. The van der Waals surface area contributed by atoms with Gasteiger partial charge in [0, 0.05) is 0 Å². The average Bonchev–Trinajstić information content (AvgIpc) is 3.03. The van der Waals surface area contributed by atoms with Gasteiger partial charge in [-0.1, -0.05) is 36.4 Å². The summed E-state index contributed by atoms with van der Waals surface area (Å²) >= 11 is 0. The van der Waals surface area contributed by atoms with Crippen LogP contribution in [0.2, 0.25) is 0 Å². The predicted molar refractivity (Wildman–Crippen MR) is 150 cm³/mol. The van der Waals surface area contributed by atoms with Gasteiger partial charge >= 0.3 is 6.18 Å². The van der Waals surface area contributed by atoms with Gasteiger partial charge in [0.1, 0.15) is 35.6 Å². The van der Waals surface area contributed by atoms with E-state index in [1.165, 1.54) is 14.2 Å². The highest BCUT2D eigenvalue weighted by atomic mass is 19.4. The molecule has 8 nitrogen and oxygen atoms in total. The van der Waals surface area contributed by atoms with Crippen LogP contribution in [0.1, 0.15) is 16.7 Å². The molecule has 0 radical (unpaired) electrons. The zero-order valence-electron chi connectivity index (χ0n) is 24.0. The normalized spacial score (nSPS) is 18.4. The minimum Gasteiger partial charge on any atom is -0.497 e. The molecule has 0 amide bonds. The van der Waals surface area contributed by atoms with Crippen LogP contribution in [-0.2, 0) is 43.6 Å². The number of alkyl halides is 3. The predicted octanol–water partition coefficient (Wildman–Crippen LogP) is 5.81. The molecule has 3 aromatic rings. The number of methoxy groups -OCH3 is 3. The maximum atomic E-state index is 13.6. The fourth-order valence-corrected chi connectivity index (χ4v) is 4.37. The SMILES string of the molecule is COc1ccc(COC[C@H]2OC=C(C(=O)C(F)(F)F)[C@@H](OCc3ccc(OC)cc3)[C@H]2OCc2ccc(OC)cc2)cc1. The zero-order valence-corrected chi connectivity index (χ0v) is 24.0. The van der Waals surface area contributed by atoms with Crippen molar-refractivity contribution >= 4 is 5.78 Å². The molecule has 11 heteroatoms. The summed E-state index contributed by atoms with van der Waals surface area (Å²) in [5, 5.41) is 0. The summed E-state index contributed by atoms with van der Waals surface area (Å²) in [6.07, 6.45) is -7.75. The Labute approximate surface area is 247 Å². The molecule has 0 aromatic heterocycles. The molecule has 1 aliphatic rings. The van der Waals surface area contributed by atoms with E-state index in [1.54, 1.807) is 67.8 Å². The van der Waals surface area contributed by atoms with Crippen LogP contribution < -0.4 is 14.2 Å². The van der Waals surface area contributed by atoms with E-state index in [-0.39, 0.29) is 26.4 Å². The van der Waals surface area contributed by atoms with Gasteiger partial charge in [-0.05, 0) is 53.1 Å². The topological polar surface area (TPSA) is 81.7 Å². The Morgan fingerprint density at radius 2 is 1.14 bits per heavy atom. The van der Waals surface area contributed by atoms with Crippen LogP contribution in [0.5, 0.6) is 17.2 Å². The van der Waals surface area contributed by atoms with Gasteiger partial charge in [0.05, 0.1) is 59.6 Å². The van der Waals surface area contributed by atoms with Crippen molar-refractivity contribution in [1.82, 2.24) is 0 Å². The van der Waals surface area contributed by atoms with Gasteiger partial charge in [0.2, 0.25) is 0 Å². The Balaban J connectivity index is 1.57. The van der Waals surface area contributed by atoms with Crippen LogP contribution in [0.15, 0.2) is 84.6 Å². The molecular formula is C32H33F3O8. The average molecular weight is 603 g/mol. The third-order valence-corrected chi connectivity index (χ3v) is 6.76. The smallest absolute Gasteiger partial charge is 0.454 e. The van der Waals surface area contributed by atoms with Crippen molar-refractivity contribution in [1.29, 1.82) is 0 Å². The van der Waals surface area contributed by atoms with Crippen LogP contribution in [0.4, 0.5) is 13.2 Å². The largest absolute Gasteiger partial charge is 0.497 e. The van der Waals surface area contributed by atoms with Gasteiger partial charge in [0.25, 0.3) is 5.78 Å². The first-order chi connectivity index (χ1) is 20.7. The van der Waals surface area contributed by atoms with Crippen molar-refractivity contribution in [2.75, 3.05) is 27.9 Å². The number of ketones is 1. The Hall–Kier alpha value is -4.06. The van der Waals surface area contributed by atoms with E-state index in [2.05, 4.69) is 0 Å². The van der Waals surface area contributed by atoms with Crippen molar-refractivity contribution < 1.29 is 51.1 Å². The standard InChI is InChI=1S/C32H33F3O8/c1-37-24-10-4-21(5-11-24)16-40-20-28-30(43-18-23-8-14-26(39-3)15-9-23)29(27(19-41-28)31(36)32(33,34)35)42-17-22-6-12-25(38-2)13-7-22/h4-15,19,28-30H,16-18,20H2,1-3H3/t28-,29-,30+/m1/s1. The summed E-state index contributed by atoms with van der Waals surface area (Å²) in [5.41, 5.74) is 1.55. The number of hydrogen-bond donors (Lipinski definition) is 0. The summed E-state index contributed by atoms with van der Waals surface area (Å²) in [6, 6.07) is 21.1. The molecule has 0 saturated heterocycles.